The second-order valence-electron chi connectivity index (χ2n) is 6.60. The Hall–Kier alpha value is -3.70. The van der Waals surface area contributed by atoms with Gasteiger partial charge in [0, 0.05) is 18.2 Å². The third kappa shape index (κ3) is 5.47. The Morgan fingerprint density at radius 1 is 1.26 bits per heavy atom. The van der Waals surface area contributed by atoms with E-state index in [9.17, 15) is 31.9 Å². The lowest BCUT2D eigenvalue weighted by molar-refractivity contribution is -0.141. The van der Waals surface area contributed by atoms with Crippen LogP contribution in [0.1, 0.15) is 21.6 Å². The molecule has 0 spiro atoms. The summed E-state index contributed by atoms with van der Waals surface area (Å²) in [5, 5.41) is 10.6. The Morgan fingerprint density at radius 2 is 2.00 bits per heavy atom. The molecule has 0 saturated carbocycles. The topological polar surface area (TPSA) is 109 Å². The minimum Gasteiger partial charge on any atom is -0.465 e. The summed E-state index contributed by atoms with van der Waals surface area (Å²) in [7, 11) is 0. The first-order chi connectivity index (χ1) is 14.5. The maximum Gasteiger partial charge on any atom is 0.433 e. The molecule has 0 radical (unpaired) electrons. The van der Waals surface area contributed by atoms with Gasteiger partial charge in [0.1, 0.15) is 11.4 Å². The summed E-state index contributed by atoms with van der Waals surface area (Å²) >= 11 is 0. The fraction of sp³-hybridized carbons (Fsp3) is 0.263. The number of hydrogen-bond acceptors (Lipinski definition) is 5. The number of Topliss-reactive ketones (excluding diaryl/α,β-unsaturated/α-hetero) is 1. The van der Waals surface area contributed by atoms with Crippen molar-refractivity contribution in [3.63, 3.8) is 0 Å². The highest BCUT2D eigenvalue weighted by atomic mass is 19.4. The predicted molar refractivity (Wildman–Crippen MR) is 96.4 cm³/mol. The second-order valence-corrected chi connectivity index (χ2v) is 6.60. The summed E-state index contributed by atoms with van der Waals surface area (Å²) in [6.07, 6.45) is -7.98. The normalized spacial score (nSPS) is 16.3. The molecule has 0 aliphatic carbocycles. The van der Waals surface area contributed by atoms with Crippen LogP contribution in [-0.4, -0.2) is 52.0 Å². The van der Waals surface area contributed by atoms with Crippen LogP contribution in [0.15, 0.2) is 36.4 Å². The number of aromatic nitrogens is 1. The van der Waals surface area contributed by atoms with E-state index in [0.717, 1.165) is 11.0 Å². The van der Waals surface area contributed by atoms with Crippen LogP contribution in [0, 0.1) is 0 Å². The van der Waals surface area contributed by atoms with Crippen LogP contribution in [0.4, 0.5) is 22.4 Å². The fourth-order valence-electron chi connectivity index (χ4n) is 2.83. The van der Waals surface area contributed by atoms with Crippen molar-refractivity contribution in [1.82, 2.24) is 15.2 Å². The van der Waals surface area contributed by atoms with Crippen molar-refractivity contribution in [2.45, 2.75) is 18.9 Å². The Bertz CT molecular complexity index is 1030. The minimum absolute atomic E-state index is 0.0304. The summed E-state index contributed by atoms with van der Waals surface area (Å²) in [4.78, 5) is 38.8. The zero-order valence-corrected chi connectivity index (χ0v) is 15.6. The molecule has 1 fully saturated rings. The number of benzene rings is 1. The highest BCUT2D eigenvalue weighted by Crippen LogP contribution is 2.31. The van der Waals surface area contributed by atoms with E-state index in [4.69, 9.17) is 9.84 Å². The smallest absolute Gasteiger partial charge is 0.433 e. The van der Waals surface area contributed by atoms with E-state index in [1.807, 2.05) is 5.32 Å². The molecule has 2 amide bonds. The average molecular weight is 441 g/mol. The van der Waals surface area contributed by atoms with Gasteiger partial charge in [-0.1, -0.05) is 6.07 Å². The maximum atomic E-state index is 13.4. The van der Waals surface area contributed by atoms with Crippen LogP contribution in [0.5, 0.6) is 11.6 Å². The van der Waals surface area contributed by atoms with Crippen molar-refractivity contribution >= 4 is 17.8 Å². The number of nitrogens with zero attached hydrogens (tertiary/aromatic N) is 2. The number of ketones is 1. The second kappa shape index (κ2) is 8.58. The fourth-order valence-corrected chi connectivity index (χ4v) is 2.83. The van der Waals surface area contributed by atoms with Crippen molar-refractivity contribution in [2.75, 3.05) is 13.1 Å². The number of alkyl halides is 4. The van der Waals surface area contributed by atoms with Gasteiger partial charge < -0.3 is 20.1 Å². The third-order valence-corrected chi connectivity index (χ3v) is 4.26. The van der Waals surface area contributed by atoms with Gasteiger partial charge in [-0.2, -0.15) is 13.2 Å². The Kier molecular flexibility index (Phi) is 6.09. The molecule has 8 nitrogen and oxygen atoms in total. The van der Waals surface area contributed by atoms with Crippen LogP contribution < -0.4 is 10.1 Å². The molecule has 1 aromatic heterocycles. The number of carbonyl (C=O) groups excluding carboxylic acids is 2. The molecular weight excluding hydrogens is 426 g/mol. The lowest BCUT2D eigenvalue weighted by Gasteiger charge is -2.15. The van der Waals surface area contributed by atoms with Gasteiger partial charge in [0.25, 0.3) is 5.91 Å². The number of halogens is 4. The van der Waals surface area contributed by atoms with Gasteiger partial charge in [0.2, 0.25) is 5.88 Å². The standard InChI is InChI=1S/C19H15F4N3O5/c20-13-8-26(9-14(13)27)17(28)11-2-1-3-12(6-11)31-16-5-10(7-24-18(29)30)4-15(25-16)19(21,22)23/h1-6,13,24H,7-9H2,(H,29,30). The van der Waals surface area contributed by atoms with E-state index in [1.54, 1.807) is 0 Å². The molecule has 1 aromatic carbocycles. The Labute approximate surface area is 172 Å². The quantitative estimate of drug-likeness (QED) is 0.691. The van der Waals surface area contributed by atoms with Crippen molar-refractivity contribution < 1.29 is 41.8 Å². The first kappa shape index (κ1) is 22.0. The van der Waals surface area contributed by atoms with Crippen molar-refractivity contribution in [3.05, 3.63) is 53.2 Å². The van der Waals surface area contributed by atoms with E-state index in [2.05, 4.69) is 4.98 Å². The van der Waals surface area contributed by atoms with Crippen LogP contribution in [0.3, 0.4) is 0 Å². The van der Waals surface area contributed by atoms with E-state index >= 15 is 0 Å². The monoisotopic (exact) mass is 441 g/mol. The molecule has 1 aliphatic heterocycles. The molecule has 12 heteroatoms. The molecule has 1 aliphatic rings. The molecule has 1 unspecified atom stereocenters. The average Bonchev–Trinajstić information content (AvgIpc) is 3.03. The number of rotatable bonds is 5. The molecule has 2 aromatic rings. The lowest BCUT2D eigenvalue weighted by Crippen LogP contribution is -2.29. The minimum atomic E-state index is -4.81. The van der Waals surface area contributed by atoms with Crippen molar-refractivity contribution in [3.8, 4) is 11.6 Å². The van der Waals surface area contributed by atoms with Crippen LogP contribution in [0.2, 0.25) is 0 Å². The molecule has 1 saturated heterocycles. The van der Waals surface area contributed by atoms with Crippen LogP contribution >= 0.6 is 0 Å². The molecule has 2 N–H and O–H groups in total. The SMILES string of the molecule is O=C(O)NCc1cc(Oc2cccc(C(=O)N3CC(=O)C(F)C3)c2)nc(C(F)(F)F)c1. The van der Waals surface area contributed by atoms with E-state index in [-0.39, 0.29) is 30.0 Å². The number of nitrogens with one attached hydrogen (secondary N) is 1. The number of amides is 2. The van der Waals surface area contributed by atoms with Gasteiger partial charge in [-0.05, 0) is 29.8 Å². The zero-order valence-electron chi connectivity index (χ0n) is 15.6. The predicted octanol–water partition coefficient (Wildman–Crippen LogP) is 3.02. The number of carboxylic acid groups (broad SMARTS) is 1. The molecule has 3 rings (SSSR count). The van der Waals surface area contributed by atoms with Gasteiger partial charge in [0.15, 0.2) is 12.0 Å². The molecule has 2 heterocycles. The van der Waals surface area contributed by atoms with E-state index in [0.29, 0.717) is 6.07 Å². The van der Waals surface area contributed by atoms with E-state index < -0.39 is 48.3 Å². The first-order valence-corrected chi connectivity index (χ1v) is 8.82. The van der Waals surface area contributed by atoms with Gasteiger partial charge in [0.05, 0.1) is 13.1 Å². The lowest BCUT2D eigenvalue weighted by atomic mass is 10.2. The van der Waals surface area contributed by atoms with Gasteiger partial charge in [-0.15, -0.1) is 0 Å². The van der Waals surface area contributed by atoms with E-state index in [1.165, 1.54) is 24.3 Å². The molecule has 164 valence electrons. The summed E-state index contributed by atoms with van der Waals surface area (Å²) in [6, 6.07) is 7.16. The van der Waals surface area contributed by atoms with Crippen LogP contribution in [0.25, 0.3) is 0 Å². The number of carbonyl (C=O) groups is 3. The number of pyridine rings is 1. The largest absolute Gasteiger partial charge is 0.465 e. The molecule has 31 heavy (non-hydrogen) atoms. The van der Waals surface area contributed by atoms with Crippen molar-refractivity contribution in [1.29, 1.82) is 0 Å². The molecule has 1 atom stereocenters. The number of hydrogen-bond donors (Lipinski definition) is 2. The Morgan fingerprint density at radius 3 is 2.61 bits per heavy atom. The summed E-state index contributed by atoms with van der Waals surface area (Å²) in [5.74, 6) is -1.85. The van der Waals surface area contributed by atoms with Gasteiger partial charge >= 0.3 is 12.3 Å². The molecular formula is C19H15F4N3O5. The van der Waals surface area contributed by atoms with Crippen LogP contribution in [-0.2, 0) is 17.5 Å². The summed E-state index contributed by atoms with van der Waals surface area (Å²) in [6.45, 7) is -1.17. The maximum absolute atomic E-state index is 13.4. The highest BCUT2D eigenvalue weighted by molar-refractivity contribution is 6.00. The van der Waals surface area contributed by atoms with Gasteiger partial charge in [-0.3, -0.25) is 9.59 Å². The zero-order chi connectivity index (χ0) is 22.8. The first-order valence-electron chi connectivity index (χ1n) is 8.82. The number of ether oxygens (including phenoxy) is 1. The Balaban J connectivity index is 1.84. The third-order valence-electron chi connectivity index (χ3n) is 4.26. The van der Waals surface area contributed by atoms with Crippen molar-refractivity contribution in [2.24, 2.45) is 0 Å². The van der Waals surface area contributed by atoms with Gasteiger partial charge in [-0.25, -0.2) is 14.2 Å². The highest BCUT2D eigenvalue weighted by Gasteiger charge is 2.35. The summed E-state index contributed by atoms with van der Waals surface area (Å²) < 4.78 is 58.1. The summed E-state index contributed by atoms with van der Waals surface area (Å²) in [5.41, 5.74) is -1.29. The molecule has 0 bridgehead atoms. The number of likely N-dealkylation sites (tertiary alicyclic amines) is 1.